The second-order valence-corrected chi connectivity index (χ2v) is 4.70. The highest BCUT2D eigenvalue weighted by Crippen LogP contribution is 2.30. The second-order valence-electron chi connectivity index (χ2n) is 4.70. The molecular weight excluding hydrogens is 276 g/mol. The van der Waals surface area contributed by atoms with E-state index >= 15 is 0 Å². The summed E-state index contributed by atoms with van der Waals surface area (Å²) in [5, 5.41) is 0. The maximum absolute atomic E-state index is 13.6. The zero-order valence-electron chi connectivity index (χ0n) is 11.9. The number of nitrogens with two attached hydrogens (primary N) is 1. The Morgan fingerprint density at radius 3 is 2.57 bits per heavy atom. The first-order valence-corrected chi connectivity index (χ1v) is 6.52. The number of benzene rings is 2. The van der Waals surface area contributed by atoms with Crippen LogP contribution in [0, 0.1) is 11.6 Å². The lowest BCUT2D eigenvalue weighted by Crippen LogP contribution is -2.06. The molecule has 0 heterocycles. The molecule has 1 atom stereocenters. The summed E-state index contributed by atoms with van der Waals surface area (Å²) in [4.78, 5) is 0. The first kappa shape index (κ1) is 15.3. The molecule has 0 radical (unpaired) electrons. The lowest BCUT2D eigenvalue weighted by Gasteiger charge is -2.14. The van der Waals surface area contributed by atoms with E-state index in [0.29, 0.717) is 11.5 Å². The minimum atomic E-state index is -0.899. The van der Waals surface area contributed by atoms with Gasteiger partial charge in [-0.1, -0.05) is 18.2 Å². The fraction of sp³-hybridized carbons (Fsp3) is 0.250. The van der Waals surface area contributed by atoms with Crippen LogP contribution in [0.2, 0.25) is 0 Å². The van der Waals surface area contributed by atoms with Crippen molar-refractivity contribution in [3.63, 3.8) is 0 Å². The molecule has 0 fully saturated rings. The van der Waals surface area contributed by atoms with Gasteiger partial charge in [-0.25, -0.2) is 8.78 Å². The van der Waals surface area contributed by atoms with Crippen molar-refractivity contribution in [2.24, 2.45) is 5.73 Å². The average molecular weight is 293 g/mol. The first-order valence-electron chi connectivity index (χ1n) is 6.52. The summed E-state index contributed by atoms with van der Waals surface area (Å²) in [6.45, 7) is 1.77. The van der Waals surface area contributed by atoms with E-state index < -0.39 is 11.6 Å². The van der Waals surface area contributed by atoms with E-state index in [4.69, 9.17) is 15.2 Å². The van der Waals surface area contributed by atoms with Crippen molar-refractivity contribution in [1.29, 1.82) is 0 Å². The Bertz CT molecular complexity index is 630. The van der Waals surface area contributed by atoms with Gasteiger partial charge in [0, 0.05) is 11.6 Å². The van der Waals surface area contributed by atoms with Gasteiger partial charge in [-0.2, -0.15) is 0 Å². The fourth-order valence-electron chi connectivity index (χ4n) is 1.90. The largest absolute Gasteiger partial charge is 0.493 e. The number of methoxy groups -OCH3 is 1. The lowest BCUT2D eigenvalue weighted by molar-refractivity contribution is 0.277. The Morgan fingerprint density at radius 2 is 1.90 bits per heavy atom. The summed E-state index contributed by atoms with van der Waals surface area (Å²) >= 11 is 0. The quantitative estimate of drug-likeness (QED) is 0.916. The highest BCUT2D eigenvalue weighted by atomic mass is 19.2. The van der Waals surface area contributed by atoms with E-state index in [1.165, 1.54) is 19.2 Å². The van der Waals surface area contributed by atoms with Crippen LogP contribution in [0.15, 0.2) is 36.4 Å². The molecule has 0 saturated carbocycles. The molecule has 0 spiro atoms. The molecule has 2 aromatic carbocycles. The Labute approximate surface area is 122 Å². The maximum Gasteiger partial charge on any atom is 0.165 e. The van der Waals surface area contributed by atoms with E-state index in [2.05, 4.69) is 0 Å². The van der Waals surface area contributed by atoms with Crippen LogP contribution >= 0.6 is 0 Å². The molecule has 0 saturated heterocycles. The van der Waals surface area contributed by atoms with Gasteiger partial charge < -0.3 is 15.2 Å². The highest BCUT2D eigenvalue weighted by molar-refractivity contribution is 5.43. The van der Waals surface area contributed by atoms with Gasteiger partial charge >= 0.3 is 0 Å². The zero-order chi connectivity index (χ0) is 15.4. The van der Waals surface area contributed by atoms with E-state index in [1.54, 1.807) is 12.1 Å². The molecule has 5 heteroatoms. The molecular formula is C16H17F2NO2. The van der Waals surface area contributed by atoms with Crippen molar-refractivity contribution < 1.29 is 18.3 Å². The van der Waals surface area contributed by atoms with Gasteiger partial charge in [-0.15, -0.1) is 0 Å². The van der Waals surface area contributed by atoms with Gasteiger partial charge in [0.05, 0.1) is 7.11 Å². The van der Waals surface area contributed by atoms with Crippen LogP contribution in [-0.2, 0) is 6.61 Å². The number of rotatable bonds is 5. The van der Waals surface area contributed by atoms with Crippen molar-refractivity contribution in [2.45, 2.75) is 19.6 Å². The standard InChI is InChI=1S/C16H17F2NO2/c1-10(19)11-6-7-14(15(8-11)20-2)21-9-12-4-3-5-13(17)16(12)18/h3-8,10H,9,19H2,1-2H3/t10-/m0/s1. The van der Waals surface area contributed by atoms with Crippen LogP contribution < -0.4 is 15.2 Å². The molecule has 2 rings (SSSR count). The van der Waals surface area contributed by atoms with Gasteiger partial charge in [0.2, 0.25) is 0 Å². The van der Waals surface area contributed by atoms with Crippen LogP contribution in [0.25, 0.3) is 0 Å². The third-order valence-corrected chi connectivity index (χ3v) is 3.13. The highest BCUT2D eigenvalue weighted by Gasteiger charge is 2.11. The smallest absolute Gasteiger partial charge is 0.165 e. The monoisotopic (exact) mass is 293 g/mol. The zero-order valence-corrected chi connectivity index (χ0v) is 11.9. The Balaban J connectivity index is 2.18. The number of hydrogen-bond donors (Lipinski definition) is 1. The summed E-state index contributed by atoms with van der Waals surface area (Å²) < 4.78 is 37.4. The summed E-state index contributed by atoms with van der Waals surface area (Å²) in [6, 6.07) is 9.13. The van der Waals surface area contributed by atoms with Crippen molar-refractivity contribution in [1.82, 2.24) is 0 Å². The van der Waals surface area contributed by atoms with E-state index in [-0.39, 0.29) is 18.2 Å². The van der Waals surface area contributed by atoms with E-state index in [9.17, 15) is 8.78 Å². The normalized spacial score (nSPS) is 12.0. The Hall–Kier alpha value is -2.14. The van der Waals surface area contributed by atoms with Gasteiger partial charge in [0.25, 0.3) is 0 Å². The van der Waals surface area contributed by atoms with Crippen LogP contribution in [0.5, 0.6) is 11.5 Å². The molecule has 2 aromatic rings. The molecule has 0 aromatic heterocycles. The van der Waals surface area contributed by atoms with Gasteiger partial charge in [0.15, 0.2) is 23.1 Å². The number of hydrogen-bond acceptors (Lipinski definition) is 3. The predicted molar refractivity (Wildman–Crippen MR) is 76.3 cm³/mol. The van der Waals surface area contributed by atoms with Gasteiger partial charge in [-0.3, -0.25) is 0 Å². The molecule has 21 heavy (non-hydrogen) atoms. The van der Waals surface area contributed by atoms with Crippen molar-refractivity contribution >= 4 is 0 Å². The first-order chi connectivity index (χ1) is 10.0. The van der Waals surface area contributed by atoms with E-state index in [1.807, 2.05) is 13.0 Å². The summed E-state index contributed by atoms with van der Waals surface area (Å²) in [5.41, 5.74) is 6.85. The molecule has 2 N–H and O–H groups in total. The third-order valence-electron chi connectivity index (χ3n) is 3.13. The number of ether oxygens (including phenoxy) is 2. The predicted octanol–water partition coefficient (Wildman–Crippen LogP) is 3.57. The Kier molecular flexibility index (Phi) is 4.75. The molecule has 0 aliphatic carbocycles. The minimum absolute atomic E-state index is 0.0858. The van der Waals surface area contributed by atoms with Crippen molar-refractivity contribution in [2.75, 3.05) is 7.11 Å². The molecule has 0 aliphatic rings. The molecule has 0 amide bonds. The minimum Gasteiger partial charge on any atom is -0.493 e. The summed E-state index contributed by atoms with van der Waals surface area (Å²) in [6.07, 6.45) is 0. The van der Waals surface area contributed by atoms with E-state index in [0.717, 1.165) is 11.6 Å². The topological polar surface area (TPSA) is 44.5 Å². The van der Waals surface area contributed by atoms with Crippen LogP contribution in [0.3, 0.4) is 0 Å². The SMILES string of the molecule is COc1cc([C@H](C)N)ccc1OCc1cccc(F)c1F. The molecule has 0 bridgehead atoms. The molecule has 0 aliphatic heterocycles. The molecule has 0 unspecified atom stereocenters. The number of halogens is 2. The Morgan fingerprint density at radius 1 is 1.14 bits per heavy atom. The van der Waals surface area contributed by atoms with Crippen LogP contribution in [0.4, 0.5) is 8.78 Å². The maximum atomic E-state index is 13.6. The fourth-order valence-corrected chi connectivity index (χ4v) is 1.90. The lowest BCUT2D eigenvalue weighted by atomic mass is 10.1. The molecule has 3 nitrogen and oxygen atoms in total. The van der Waals surface area contributed by atoms with Gasteiger partial charge in [0.1, 0.15) is 6.61 Å². The summed E-state index contributed by atoms with van der Waals surface area (Å²) in [7, 11) is 1.51. The van der Waals surface area contributed by atoms with Crippen LogP contribution in [-0.4, -0.2) is 7.11 Å². The average Bonchev–Trinajstić information content (AvgIpc) is 2.48. The molecule has 112 valence electrons. The van der Waals surface area contributed by atoms with Crippen LogP contribution in [0.1, 0.15) is 24.1 Å². The van der Waals surface area contributed by atoms with Gasteiger partial charge in [-0.05, 0) is 30.7 Å². The second kappa shape index (κ2) is 6.54. The van der Waals surface area contributed by atoms with Crippen molar-refractivity contribution in [3.05, 3.63) is 59.2 Å². The van der Waals surface area contributed by atoms with Crippen molar-refractivity contribution in [3.8, 4) is 11.5 Å². The summed E-state index contributed by atoms with van der Waals surface area (Å²) in [5.74, 6) is -0.841. The third kappa shape index (κ3) is 3.49.